The Hall–Kier alpha value is -2.82. The van der Waals surface area contributed by atoms with Gasteiger partial charge in [-0.15, -0.1) is 0 Å². The lowest BCUT2D eigenvalue weighted by molar-refractivity contribution is -0.137. The van der Waals surface area contributed by atoms with E-state index in [2.05, 4.69) is 65.8 Å². The normalized spacial score (nSPS) is 17.5. The number of ether oxygens (including phenoxy) is 1. The molecule has 1 atom stereocenters. The average Bonchev–Trinajstić information content (AvgIpc) is 3.04. The lowest BCUT2D eigenvalue weighted by Gasteiger charge is -2.25. The van der Waals surface area contributed by atoms with Crippen molar-refractivity contribution in [1.82, 2.24) is 4.90 Å². The molecule has 1 heterocycles. The molecule has 0 bridgehead atoms. The molecule has 2 aromatic rings. The highest BCUT2D eigenvalue weighted by Crippen LogP contribution is 2.38. The summed E-state index contributed by atoms with van der Waals surface area (Å²) in [6, 6.07) is 14.2. The van der Waals surface area contributed by atoms with Gasteiger partial charge in [0.2, 0.25) is 0 Å². The molecule has 5 nitrogen and oxygen atoms in total. The fraction of sp³-hybridized carbons (Fsp3) is 0.500. The molecule has 33 heavy (non-hydrogen) atoms. The SMILES string of the molecule is CC(C)CCN(CC(=O)O)C(=O)c1ccc2c(c1)C[C@@](C)(Cc1ccc(C(C)(C)C)cc1)O2. The second kappa shape index (κ2) is 9.58. The maximum Gasteiger partial charge on any atom is 0.323 e. The molecule has 0 saturated heterocycles. The van der Waals surface area contributed by atoms with Gasteiger partial charge >= 0.3 is 5.97 Å². The van der Waals surface area contributed by atoms with Gasteiger partial charge in [0.15, 0.2) is 0 Å². The Balaban J connectivity index is 1.73. The van der Waals surface area contributed by atoms with E-state index in [9.17, 15) is 14.7 Å². The van der Waals surface area contributed by atoms with Crippen LogP contribution in [0.3, 0.4) is 0 Å². The monoisotopic (exact) mass is 451 g/mol. The fourth-order valence-corrected chi connectivity index (χ4v) is 4.32. The van der Waals surface area contributed by atoms with Crippen LogP contribution in [0, 0.1) is 5.92 Å². The van der Waals surface area contributed by atoms with Crippen LogP contribution in [0.1, 0.15) is 75.0 Å². The van der Waals surface area contributed by atoms with Gasteiger partial charge in [0.05, 0.1) is 0 Å². The third-order valence-corrected chi connectivity index (χ3v) is 6.22. The maximum atomic E-state index is 13.1. The first kappa shape index (κ1) is 24.8. The van der Waals surface area contributed by atoms with Crippen LogP contribution in [0.5, 0.6) is 5.75 Å². The standard InChI is InChI=1S/C28H37NO4/c1-19(2)13-14-29(18-25(30)31)26(32)21-9-12-24-22(15-21)17-28(6,33-24)16-20-7-10-23(11-8-20)27(3,4)5/h7-12,15,19H,13-14,16-18H2,1-6H3,(H,30,31)/t28-/m1/s1. The molecule has 2 aromatic carbocycles. The van der Waals surface area contributed by atoms with Gasteiger partial charge in [-0.1, -0.05) is 58.9 Å². The van der Waals surface area contributed by atoms with Crippen molar-refractivity contribution in [2.45, 2.75) is 71.8 Å². The van der Waals surface area contributed by atoms with Crippen LogP contribution in [-0.2, 0) is 23.1 Å². The highest BCUT2D eigenvalue weighted by Gasteiger charge is 2.35. The summed E-state index contributed by atoms with van der Waals surface area (Å²) in [5, 5.41) is 9.26. The van der Waals surface area contributed by atoms with E-state index in [-0.39, 0.29) is 23.5 Å². The molecule has 1 aliphatic heterocycles. The highest BCUT2D eigenvalue weighted by molar-refractivity contribution is 5.96. The van der Waals surface area contributed by atoms with E-state index in [4.69, 9.17) is 4.74 Å². The first-order valence-electron chi connectivity index (χ1n) is 11.8. The van der Waals surface area contributed by atoms with Crippen LogP contribution in [0.15, 0.2) is 42.5 Å². The van der Waals surface area contributed by atoms with Crippen molar-refractivity contribution in [2.24, 2.45) is 5.92 Å². The number of benzene rings is 2. The second-order valence-electron chi connectivity index (χ2n) is 11.0. The smallest absolute Gasteiger partial charge is 0.323 e. The maximum absolute atomic E-state index is 13.1. The van der Waals surface area contributed by atoms with E-state index in [0.717, 1.165) is 24.2 Å². The molecule has 3 rings (SSSR count). The van der Waals surface area contributed by atoms with Crippen LogP contribution >= 0.6 is 0 Å². The average molecular weight is 452 g/mol. The summed E-state index contributed by atoms with van der Waals surface area (Å²) in [5.74, 6) is -0.0538. The molecule has 0 aromatic heterocycles. The number of hydrogen-bond acceptors (Lipinski definition) is 3. The van der Waals surface area contributed by atoms with Crippen LogP contribution in [0.4, 0.5) is 0 Å². The molecule has 1 aliphatic rings. The van der Waals surface area contributed by atoms with Gasteiger partial charge in [0.25, 0.3) is 5.91 Å². The largest absolute Gasteiger partial charge is 0.487 e. The van der Waals surface area contributed by atoms with Gasteiger partial charge in [-0.2, -0.15) is 0 Å². The number of fused-ring (bicyclic) bond motifs is 1. The zero-order valence-corrected chi connectivity index (χ0v) is 20.8. The van der Waals surface area contributed by atoms with E-state index >= 15 is 0 Å². The first-order valence-corrected chi connectivity index (χ1v) is 11.8. The zero-order valence-electron chi connectivity index (χ0n) is 20.8. The van der Waals surface area contributed by atoms with Gasteiger partial charge in [0.1, 0.15) is 17.9 Å². The Bertz CT molecular complexity index is 1000. The second-order valence-corrected chi connectivity index (χ2v) is 11.0. The number of rotatable bonds is 8. The van der Waals surface area contributed by atoms with Crippen LogP contribution in [0.2, 0.25) is 0 Å². The Morgan fingerprint density at radius 2 is 1.79 bits per heavy atom. The van der Waals surface area contributed by atoms with E-state index in [1.165, 1.54) is 16.0 Å². The summed E-state index contributed by atoms with van der Waals surface area (Å²) in [6.45, 7) is 13.0. The van der Waals surface area contributed by atoms with Crippen LogP contribution in [0.25, 0.3) is 0 Å². The Morgan fingerprint density at radius 1 is 1.12 bits per heavy atom. The molecule has 0 radical (unpaired) electrons. The lowest BCUT2D eigenvalue weighted by Crippen LogP contribution is -2.37. The Kier molecular flexibility index (Phi) is 7.20. The molecule has 0 spiro atoms. The summed E-state index contributed by atoms with van der Waals surface area (Å²) in [7, 11) is 0. The minimum atomic E-state index is -0.998. The minimum Gasteiger partial charge on any atom is -0.487 e. The van der Waals surface area contributed by atoms with Crippen molar-refractivity contribution in [3.8, 4) is 5.75 Å². The number of carbonyl (C=O) groups is 2. The lowest BCUT2D eigenvalue weighted by atomic mass is 9.85. The number of amides is 1. The summed E-state index contributed by atoms with van der Waals surface area (Å²) in [4.78, 5) is 25.8. The first-order chi connectivity index (χ1) is 15.4. The van der Waals surface area contributed by atoms with Crippen molar-refractivity contribution < 1.29 is 19.4 Å². The van der Waals surface area contributed by atoms with Crippen molar-refractivity contribution in [3.05, 3.63) is 64.7 Å². The summed E-state index contributed by atoms with van der Waals surface area (Å²) < 4.78 is 6.32. The van der Waals surface area contributed by atoms with E-state index in [1.807, 2.05) is 12.1 Å². The van der Waals surface area contributed by atoms with Crippen LogP contribution in [-0.4, -0.2) is 40.6 Å². The summed E-state index contributed by atoms with van der Waals surface area (Å²) >= 11 is 0. The van der Waals surface area contributed by atoms with Crippen molar-refractivity contribution in [2.75, 3.05) is 13.1 Å². The van der Waals surface area contributed by atoms with Gasteiger partial charge in [-0.05, 0) is 59.6 Å². The van der Waals surface area contributed by atoms with Gasteiger partial charge in [-0.25, -0.2) is 0 Å². The third-order valence-electron chi connectivity index (χ3n) is 6.22. The van der Waals surface area contributed by atoms with E-state index < -0.39 is 5.97 Å². The van der Waals surface area contributed by atoms with E-state index in [0.29, 0.717) is 24.4 Å². The molecule has 1 amide bonds. The number of hydrogen-bond donors (Lipinski definition) is 1. The molecule has 0 aliphatic carbocycles. The van der Waals surface area contributed by atoms with Crippen LogP contribution < -0.4 is 4.74 Å². The molecule has 0 unspecified atom stereocenters. The van der Waals surface area contributed by atoms with Gasteiger partial charge in [0, 0.05) is 24.9 Å². The summed E-state index contributed by atoms with van der Waals surface area (Å²) in [6.07, 6.45) is 2.24. The molecule has 0 saturated carbocycles. The number of nitrogens with zero attached hydrogens (tertiary/aromatic N) is 1. The van der Waals surface area contributed by atoms with Gasteiger partial charge < -0.3 is 14.7 Å². The minimum absolute atomic E-state index is 0.120. The highest BCUT2D eigenvalue weighted by atomic mass is 16.5. The fourth-order valence-electron chi connectivity index (χ4n) is 4.32. The molecule has 5 heteroatoms. The predicted octanol–water partition coefficient (Wildman–Crippen LogP) is 5.49. The van der Waals surface area contributed by atoms with E-state index in [1.54, 1.807) is 6.07 Å². The topological polar surface area (TPSA) is 66.8 Å². The molecule has 178 valence electrons. The summed E-state index contributed by atoms with van der Waals surface area (Å²) in [5.41, 5.74) is 3.77. The number of aliphatic carboxylic acids is 1. The quantitative estimate of drug-likeness (QED) is 0.576. The number of carbonyl (C=O) groups excluding carboxylic acids is 1. The van der Waals surface area contributed by atoms with Gasteiger partial charge in [-0.3, -0.25) is 9.59 Å². The Morgan fingerprint density at radius 3 is 2.36 bits per heavy atom. The number of carboxylic acids is 1. The Labute approximate surface area is 197 Å². The predicted molar refractivity (Wildman–Crippen MR) is 131 cm³/mol. The molecular weight excluding hydrogens is 414 g/mol. The van der Waals surface area contributed by atoms with Crippen molar-refractivity contribution in [3.63, 3.8) is 0 Å². The molecule has 1 N–H and O–H groups in total. The van der Waals surface area contributed by atoms with Crippen molar-refractivity contribution >= 4 is 11.9 Å². The third kappa shape index (κ3) is 6.37. The molecular formula is C28H37NO4. The molecule has 0 fully saturated rings. The zero-order chi connectivity index (χ0) is 24.4. The number of carboxylic acid groups (broad SMARTS) is 1. The van der Waals surface area contributed by atoms with Crippen molar-refractivity contribution in [1.29, 1.82) is 0 Å².